The molecule has 3 aromatic rings. The van der Waals surface area contributed by atoms with Gasteiger partial charge in [-0.05, 0) is 55.3 Å². The largest absolute Gasteiger partial charge is 0.481 e. The second kappa shape index (κ2) is 10.8. The van der Waals surface area contributed by atoms with Crippen LogP contribution in [0.25, 0.3) is 0 Å². The van der Waals surface area contributed by atoms with E-state index in [-0.39, 0.29) is 0 Å². The zero-order chi connectivity index (χ0) is 23.1. The standard InChI is InChI=1S/C24H27FN4O3/c1-3-32-15(2)21(23(30)31)22(17-6-8-18(25)9-7-17)20-12-13-27-24(29-20)28-19-10-4-16(14-26)5-11-19/h4-13,15,21-22H,3,14,26H2,1-2H3,(H,30,31)(H,27,28,29). The lowest BCUT2D eigenvalue weighted by Crippen LogP contribution is -2.34. The summed E-state index contributed by atoms with van der Waals surface area (Å²) in [4.78, 5) is 21.1. The Hall–Kier alpha value is -3.36. The van der Waals surface area contributed by atoms with Crippen molar-refractivity contribution in [3.63, 3.8) is 0 Å². The van der Waals surface area contributed by atoms with Crippen molar-refractivity contribution in [1.29, 1.82) is 0 Å². The van der Waals surface area contributed by atoms with Crippen LogP contribution in [0.2, 0.25) is 0 Å². The minimum Gasteiger partial charge on any atom is -0.481 e. The van der Waals surface area contributed by atoms with Crippen LogP contribution in [0.15, 0.2) is 60.8 Å². The number of ether oxygens (including phenoxy) is 1. The number of aliphatic carboxylic acids is 1. The molecule has 0 saturated heterocycles. The highest BCUT2D eigenvalue weighted by molar-refractivity contribution is 5.73. The molecule has 0 bridgehead atoms. The first kappa shape index (κ1) is 23.3. The third kappa shape index (κ3) is 5.66. The molecule has 168 valence electrons. The molecule has 0 radical (unpaired) electrons. The maximum atomic E-state index is 13.6. The first-order valence-corrected chi connectivity index (χ1v) is 10.4. The molecule has 2 aromatic carbocycles. The lowest BCUT2D eigenvalue weighted by molar-refractivity contribution is -0.147. The highest BCUT2D eigenvalue weighted by atomic mass is 19.1. The van der Waals surface area contributed by atoms with Crippen molar-refractivity contribution in [2.24, 2.45) is 11.7 Å². The number of carbonyl (C=O) groups is 1. The minimum atomic E-state index is -1.02. The molecule has 1 aromatic heterocycles. The normalized spacial score (nSPS) is 13.9. The van der Waals surface area contributed by atoms with Crippen LogP contribution in [-0.4, -0.2) is 33.8 Å². The molecule has 0 aliphatic carbocycles. The molecule has 0 saturated carbocycles. The Morgan fingerprint density at radius 3 is 2.44 bits per heavy atom. The van der Waals surface area contributed by atoms with Gasteiger partial charge in [0.15, 0.2) is 0 Å². The Bertz CT molecular complexity index is 1030. The van der Waals surface area contributed by atoms with E-state index in [1.165, 1.54) is 12.1 Å². The second-order valence-corrected chi connectivity index (χ2v) is 7.38. The molecule has 7 nitrogen and oxygen atoms in total. The Balaban J connectivity index is 2.00. The Kier molecular flexibility index (Phi) is 7.86. The zero-order valence-corrected chi connectivity index (χ0v) is 18.0. The van der Waals surface area contributed by atoms with Gasteiger partial charge >= 0.3 is 5.97 Å². The van der Waals surface area contributed by atoms with Gasteiger partial charge in [-0.2, -0.15) is 0 Å². The molecule has 0 aliphatic heterocycles. The summed E-state index contributed by atoms with van der Waals surface area (Å²) in [6, 6.07) is 15.0. The van der Waals surface area contributed by atoms with E-state index in [1.807, 2.05) is 31.2 Å². The van der Waals surface area contributed by atoms with E-state index < -0.39 is 29.7 Å². The monoisotopic (exact) mass is 438 g/mol. The molecule has 0 fully saturated rings. The van der Waals surface area contributed by atoms with Crippen molar-refractivity contribution in [1.82, 2.24) is 9.97 Å². The minimum absolute atomic E-state index is 0.323. The second-order valence-electron chi connectivity index (χ2n) is 7.38. The molecule has 4 N–H and O–H groups in total. The fourth-order valence-electron chi connectivity index (χ4n) is 3.67. The number of hydrogen-bond acceptors (Lipinski definition) is 6. The van der Waals surface area contributed by atoms with E-state index in [9.17, 15) is 14.3 Å². The maximum absolute atomic E-state index is 13.6. The van der Waals surface area contributed by atoms with E-state index in [1.54, 1.807) is 31.3 Å². The van der Waals surface area contributed by atoms with E-state index >= 15 is 0 Å². The third-order valence-electron chi connectivity index (χ3n) is 5.25. The average Bonchev–Trinajstić information content (AvgIpc) is 2.78. The molecule has 0 amide bonds. The topological polar surface area (TPSA) is 110 Å². The summed E-state index contributed by atoms with van der Waals surface area (Å²) in [7, 11) is 0. The summed E-state index contributed by atoms with van der Waals surface area (Å²) in [5.74, 6) is -2.71. The van der Waals surface area contributed by atoms with Gasteiger partial charge in [-0.3, -0.25) is 4.79 Å². The summed E-state index contributed by atoms with van der Waals surface area (Å²) < 4.78 is 19.2. The van der Waals surface area contributed by atoms with Gasteiger partial charge in [0.2, 0.25) is 5.95 Å². The van der Waals surface area contributed by atoms with Gasteiger partial charge in [0.05, 0.1) is 17.7 Å². The van der Waals surface area contributed by atoms with Crippen LogP contribution in [0.1, 0.15) is 36.6 Å². The molecular formula is C24H27FN4O3. The number of anilines is 2. The van der Waals surface area contributed by atoms with Gasteiger partial charge in [0, 0.05) is 31.0 Å². The van der Waals surface area contributed by atoms with Crippen LogP contribution in [0, 0.1) is 11.7 Å². The van der Waals surface area contributed by atoms with Crippen molar-refractivity contribution in [3.05, 3.63) is 83.4 Å². The Morgan fingerprint density at radius 1 is 1.16 bits per heavy atom. The van der Waals surface area contributed by atoms with Gasteiger partial charge in [0.1, 0.15) is 5.82 Å². The van der Waals surface area contributed by atoms with E-state index in [0.29, 0.717) is 30.4 Å². The summed E-state index contributed by atoms with van der Waals surface area (Å²) in [5, 5.41) is 13.2. The number of hydrogen-bond donors (Lipinski definition) is 3. The molecule has 3 unspecified atom stereocenters. The van der Waals surface area contributed by atoms with E-state index in [0.717, 1.165) is 11.3 Å². The molecule has 8 heteroatoms. The lowest BCUT2D eigenvalue weighted by atomic mass is 9.80. The van der Waals surface area contributed by atoms with Gasteiger partial charge in [-0.1, -0.05) is 24.3 Å². The average molecular weight is 439 g/mol. The molecular weight excluding hydrogens is 411 g/mol. The Labute approximate surface area is 186 Å². The maximum Gasteiger partial charge on any atom is 0.310 e. The van der Waals surface area contributed by atoms with Gasteiger partial charge in [-0.15, -0.1) is 0 Å². The van der Waals surface area contributed by atoms with Gasteiger partial charge in [-0.25, -0.2) is 14.4 Å². The molecule has 1 heterocycles. The first-order chi connectivity index (χ1) is 15.4. The number of halogens is 1. The predicted octanol–water partition coefficient (Wildman–Crippen LogP) is 4.08. The van der Waals surface area contributed by atoms with Crippen LogP contribution >= 0.6 is 0 Å². The van der Waals surface area contributed by atoms with Gasteiger partial charge in [0.25, 0.3) is 0 Å². The van der Waals surface area contributed by atoms with Gasteiger partial charge < -0.3 is 20.9 Å². The number of nitrogens with zero attached hydrogens (tertiary/aromatic N) is 2. The highest BCUT2D eigenvalue weighted by Gasteiger charge is 2.37. The molecule has 32 heavy (non-hydrogen) atoms. The summed E-state index contributed by atoms with van der Waals surface area (Å²) in [5.41, 5.74) is 8.53. The summed E-state index contributed by atoms with van der Waals surface area (Å²) in [6.07, 6.45) is 0.974. The Morgan fingerprint density at radius 2 is 1.84 bits per heavy atom. The lowest BCUT2D eigenvalue weighted by Gasteiger charge is -2.29. The third-order valence-corrected chi connectivity index (χ3v) is 5.25. The summed E-state index contributed by atoms with van der Waals surface area (Å²) >= 11 is 0. The van der Waals surface area contributed by atoms with E-state index in [4.69, 9.17) is 10.5 Å². The van der Waals surface area contributed by atoms with Crippen molar-refractivity contribution in [2.45, 2.75) is 32.4 Å². The molecule has 3 rings (SSSR count). The van der Waals surface area contributed by atoms with Crippen LogP contribution in [-0.2, 0) is 16.1 Å². The van der Waals surface area contributed by atoms with Crippen molar-refractivity contribution >= 4 is 17.6 Å². The van der Waals surface area contributed by atoms with E-state index in [2.05, 4.69) is 15.3 Å². The predicted molar refractivity (Wildman–Crippen MR) is 120 cm³/mol. The number of carboxylic acid groups (broad SMARTS) is 1. The van der Waals surface area contributed by atoms with Crippen LogP contribution in [0.3, 0.4) is 0 Å². The first-order valence-electron chi connectivity index (χ1n) is 10.4. The number of aromatic nitrogens is 2. The van der Waals surface area contributed by atoms with Crippen LogP contribution < -0.4 is 11.1 Å². The highest BCUT2D eigenvalue weighted by Crippen LogP contribution is 2.35. The number of nitrogens with two attached hydrogens (primary N) is 1. The van der Waals surface area contributed by atoms with Crippen LogP contribution in [0.4, 0.5) is 16.0 Å². The SMILES string of the molecule is CCOC(C)C(C(=O)O)C(c1ccc(F)cc1)c1ccnc(Nc2ccc(CN)cc2)n1. The molecule has 0 spiro atoms. The van der Waals surface area contributed by atoms with Crippen molar-refractivity contribution in [2.75, 3.05) is 11.9 Å². The summed E-state index contributed by atoms with van der Waals surface area (Å²) in [6.45, 7) is 4.35. The zero-order valence-electron chi connectivity index (χ0n) is 18.0. The quantitative estimate of drug-likeness (QED) is 0.437. The fraction of sp³-hybridized carbons (Fsp3) is 0.292. The van der Waals surface area contributed by atoms with Crippen molar-refractivity contribution in [3.8, 4) is 0 Å². The number of carboxylic acids is 1. The van der Waals surface area contributed by atoms with Crippen molar-refractivity contribution < 1.29 is 19.0 Å². The fourth-order valence-corrected chi connectivity index (χ4v) is 3.67. The smallest absolute Gasteiger partial charge is 0.310 e. The van der Waals surface area contributed by atoms with Crippen LogP contribution in [0.5, 0.6) is 0 Å². The molecule has 0 aliphatic rings. The number of nitrogens with one attached hydrogen (secondary N) is 1. The molecule has 3 atom stereocenters. The number of benzene rings is 2. The number of rotatable bonds is 10.